The quantitative estimate of drug-likeness (QED) is 0.786. The Labute approximate surface area is 114 Å². The fourth-order valence-corrected chi connectivity index (χ4v) is 2.87. The molecule has 2 nitrogen and oxygen atoms in total. The maximum absolute atomic E-state index is 5.80. The number of nitrogens with one attached hydrogen (secondary N) is 1. The maximum atomic E-state index is 5.80. The van der Waals surface area contributed by atoms with E-state index in [4.69, 9.17) is 5.73 Å². The van der Waals surface area contributed by atoms with Crippen LogP contribution in [0.25, 0.3) is 0 Å². The lowest BCUT2D eigenvalue weighted by Gasteiger charge is -2.21. The highest BCUT2D eigenvalue weighted by atomic mass is 14.9. The van der Waals surface area contributed by atoms with Gasteiger partial charge in [-0.3, -0.25) is 0 Å². The standard InChI is InChI=1S/C17H20N2/c1-12-11-14(18)9-10-16(12)19-17-8-4-6-13-5-2-3-7-15(13)17/h4,6,8-11,19H,2-3,5,7,18H2,1H3. The Morgan fingerprint density at radius 3 is 2.68 bits per heavy atom. The van der Waals surface area contributed by atoms with Crippen LogP contribution in [0.5, 0.6) is 0 Å². The lowest BCUT2D eigenvalue weighted by Crippen LogP contribution is -2.06. The van der Waals surface area contributed by atoms with Crippen LogP contribution in [0.15, 0.2) is 36.4 Å². The van der Waals surface area contributed by atoms with Crippen LogP contribution in [0.3, 0.4) is 0 Å². The van der Waals surface area contributed by atoms with Gasteiger partial charge in [0.05, 0.1) is 0 Å². The van der Waals surface area contributed by atoms with Crippen molar-refractivity contribution in [2.45, 2.75) is 32.6 Å². The van der Waals surface area contributed by atoms with Crippen LogP contribution in [0.4, 0.5) is 17.1 Å². The van der Waals surface area contributed by atoms with Crippen molar-refractivity contribution < 1.29 is 0 Å². The molecule has 0 saturated heterocycles. The second-order valence-corrected chi connectivity index (χ2v) is 5.35. The van der Waals surface area contributed by atoms with E-state index in [2.05, 4.69) is 36.5 Å². The van der Waals surface area contributed by atoms with Gasteiger partial charge in [0.15, 0.2) is 0 Å². The van der Waals surface area contributed by atoms with E-state index < -0.39 is 0 Å². The Morgan fingerprint density at radius 1 is 1.00 bits per heavy atom. The molecule has 3 N–H and O–H groups in total. The van der Waals surface area contributed by atoms with Gasteiger partial charge in [0, 0.05) is 17.1 Å². The topological polar surface area (TPSA) is 38.0 Å². The molecule has 2 heteroatoms. The number of hydrogen-bond donors (Lipinski definition) is 2. The van der Waals surface area contributed by atoms with Crippen molar-refractivity contribution in [1.82, 2.24) is 0 Å². The van der Waals surface area contributed by atoms with Crippen molar-refractivity contribution in [3.8, 4) is 0 Å². The summed E-state index contributed by atoms with van der Waals surface area (Å²) in [6.45, 7) is 2.09. The molecule has 0 aliphatic heterocycles. The first-order valence-corrected chi connectivity index (χ1v) is 6.98. The van der Waals surface area contributed by atoms with Gasteiger partial charge in [0.25, 0.3) is 0 Å². The first-order valence-electron chi connectivity index (χ1n) is 6.98. The van der Waals surface area contributed by atoms with E-state index in [1.807, 2.05) is 12.1 Å². The fourth-order valence-electron chi connectivity index (χ4n) is 2.87. The molecule has 2 aromatic rings. The molecule has 1 aliphatic rings. The van der Waals surface area contributed by atoms with E-state index in [1.165, 1.54) is 48.1 Å². The number of rotatable bonds is 2. The average molecular weight is 252 g/mol. The summed E-state index contributed by atoms with van der Waals surface area (Å²) < 4.78 is 0. The van der Waals surface area contributed by atoms with Crippen molar-refractivity contribution in [3.05, 3.63) is 53.1 Å². The van der Waals surface area contributed by atoms with Gasteiger partial charge >= 0.3 is 0 Å². The van der Waals surface area contributed by atoms with Crippen LogP contribution in [0, 0.1) is 6.92 Å². The van der Waals surface area contributed by atoms with Crippen LogP contribution in [0.2, 0.25) is 0 Å². The van der Waals surface area contributed by atoms with Gasteiger partial charge in [-0.15, -0.1) is 0 Å². The summed E-state index contributed by atoms with van der Waals surface area (Å²) in [5.74, 6) is 0. The van der Waals surface area contributed by atoms with Crippen LogP contribution in [-0.4, -0.2) is 0 Å². The van der Waals surface area contributed by atoms with Crippen molar-refractivity contribution >= 4 is 17.1 Å². The summed E-state index contributed by atoms with van der Waals surface area (Å²) in [5.41, 5.74) is 13.2. The zero-order chi connectivity index (χ0) is 13.2. The molecule has 0 saturated carbocycles. The number of benzene rings is 2. The largest absolute Gasteiger partial charge is 0.399 e. The lowest BCUT2D eigenvalue weighted by molar-refractivity contribution is 0.687. The smallest absolute Gasteiger partial charge is 0.0419 e. The summed E-state index contributed by atoms with van der Waals surface area (Å²) in [6.07, 6.45) is 5.02. The third kappa shape index (κ3) is 2.43. The van der Waals surface area contributed by atoms with Gasteiger partial charge in [-0.05, 0) is 73.6 Å². The van der Waals surface area contributed by atoms with Crippen LogP contribution >= 0.6 is 0 Å². The van der Waals surface area contributed by atoms with E-state index in [0.717, 1.165) is 11.4 Å². The van der Waals surface area contributed by atoms with E-state index in [-0.39, 0.29) is 0 Å². The second-order valence-electron chi connectivity index (χ2n) is 5.35. The first kappa shape index (κ1) is 12.1. The molecule has 3 rings (SSSR count). The molecule has 2 aromatic carbocycles. The van der Waals surface area contributed by atoms with Gasteiger partial charge in [-0.25, -0.2) is 0 Å². The molecule has 0 unspecified atom stereocenters. The third-order valence-corrected chi connectivity index (χ3v) is 3.92. The number of fused-ring (bicyclic) bond motifs is 1. The molecular formula is C17H20N2. The van der Waals surface area contributed by atoms with E-state index in [9.17, 15) is 0 Å². The minimum absolute atomic E-state index is 0.818. The molecule has 0 radical (unpaired) electrons. The molecule has 98 valence electrons. The molecule has 0 amide bonds. The summed E-state index contributed by atoms with van der Waals surface area (Å²) >= 11 is 0. The zero-order valence-electron chi connectivity index (χ0n) is 11.4. The zero-order valence-corrected chi connectivity index (χ0v) is 11.4. The van der Waals surface area contributed by atoms with Crippen molar-refractivity contribution in [2.24, 2.45) is 0 Å². The summed E-state index contributed by atoms with van der Waals surface area (Å²) in [7, 11) is 0. The molecule has 0 heterocycles. The highest BCUT2D eigenvalue weighted by Crippen LogP contribution is 2.31. The highest BCUT2D eigenvalue weighted by molar-refractivity contribution is 5.69. The molecule has 19 heavy (non-hydrogen) atoms. The lowest BCUT2D eigenvalue weighted by atomic mass is 9.90. The van der Waals surface area contributed by atoms with Crippen LogP contribution in [0.1, 0.15) is 29.5 Å². The number of hydrogen-bond acceptors (Lipinski definition) is 2. The molecule has 0 spiro atoms. The van der Waals surface area contributed by atoms with Crippen LogP contribution < -0.4 is 11.1 Å². The Kier molecular flexibility index (Phi) is 3.16. The molecule has 0 fully saturated rings. The van der Waals surface area contributed by atoms with Crippen molar-refractivity contribution in [1.29, 1.82) is 0 Å². The second kappa shape index (κ2) is 4.96. The number of nitrogen functional groups attached to an aromatic ring is 1. The molecule has 0 bridgehead atoms. The van der Waals surface area contributed by atoms with Crippen molar-refractivity contribution in [3.63, 3.8) is 0 Å². The van der Waals surface area contributed by atoms with E-state index >= 15 is 0 Å². The molecule has 0 aromatic heterocycles. The maximum Gasteiger partial charge on any atom is 0.0419 e. The Hall–Kier alpha value is -1.96. The Bertz CT molecular complexity index is 602. The van der Waals surface area contributed by atoms with Gasteiger partial charge in [-0.1, -0.05) is 12.1 Å². The minimum atomic E-state index is 0.818. The summed E-state index contributed by atoms with van der Waals surface area (Å²) in [4.78, 5) is 0. The van der Waals surface area contributed by atoms with Gasteiger partial charge in [0.1, 0.15) is 0 Å². The number of aryl methyl sites for hydroxylation is 2. The fraction of sp³-hybridized carbons (Fsp3) is 0.294. The van der Waals surface area contributed by atoms with Crippen molar-refractivity contribution in [2.75, 3.05) is 11.1 Å². The van der Waals surface area contributed by atoms with Gasteiger partial charge < -0.3 is 11.1 Å². The summed E-state index contributed by atoms with van der Waals surface area (Å²) in [6, 6.07) is 12.6. The first-order chi connectivity index (χ1) is 9.24. The predicted molar refractivity (Wildman–Crippen MR) is 82.0 cm³/mol. The monoisotopic (exact) mass is 252 g/mol. The molecule has 1 aliphatic carbocycles. The van der Waals surface area contributed by atoms with E-state index in [0.29, 0.717) is 0 Å². The normalized spacial score (nSPS) is 13.9. The molecule has 0 atom stereocenters. The third-order valence-electron chi connectivity index (χ3n) is 3.92. The highest BCUT2D eigenvalue weighted by Gasteiger charge is 2.13. The Balaban J connectivity index is 1.95. The van der Waals surface area contributed by atoms with Gasteiger partial charge in [-0.2, -0.15) is 0 Å². The van der Waals surface area contributed by atoms with E-state index in [1.54, 1.807) is 0 Å². The summed E-state index contributed by atoms with van der Waals surface area (Å²) in [5, 5.41) is 3.57. The van der Waals surface area contributed by atoms with Crippen LogP contribution in [-0.2, 0) is 12.8 Å². The SMILES string of the molecule is Cc1cc(N)ccc1Nc1cccc2c1CCCC2. The van der Waals surface area contributed by atoms with Gasteiger partial charge in [0.2, 0.25) is 0 Å². The predicted octanol–water partition coefficient (Wildman–Crippen LogP) is 4.20. The molecular weight excluding hydrogens is 232 g/mol. The average Bonchev–Trinajstić information content (AvgIpc) is 2.42. The Morgan fingerprint density at radius 2 is 1.84 bits per heavy atom. The minimum Gasteiger partial charge on any atom is -0.399 e. The number of nitrogens with two attached hydrogens (primary N) is 1. The number of anilines is 3.